The Morgan fingerprint density at radius 1 is 1.32 bits per heavy atom. The molecule has 1 aliphatic rings. The fourth-order valence-corrected chi connectivity index (χ4v) is 2.21. The van der Waals surface area contributed by atoms with Crippen LogP contribution in [0.15, 0.2) is 18.2 Å². The molecule has 3 unspecified atom stereocenters. The lowest BCUT2D eigenvalue weighted by Gasteiger charge is -2.15. The number of carbonyl (C=O) groups excluding carboxylic acids is 1. The second kappa shape index (κ2) is 5.55. The number of benzene rings is 1. The molecule has 0 N–H and O–H groups in total. The molecule has 0 fully saturated rings. The number of ether oxygens (including phenoxy) is 2. The molecule has 2 rings (SSSR count). The number of methoxy groups -OCH3 is 1. The minimum atomic E-state index is -1.86. The van der Waals surface area contributed by atoms with Gasteiger partial charge in [0.2, 0.25) is 0 Å². The van der Waals surface area contributed by atoms with Crippen LogP contribution in [0.4, 0.5) is 8.78 Å². The molecule has 0 saturated heterocycles. The highest BCUT2D eigenvalue weighted by molar-refractivity contribution is 5.70. The maximum atomic E-state index is 13.9. The maximum Gasteiger partial charge on any atom is 0.306 e. The molecule has 5 heteroatoms. The highest BCUT2D eigenvalue weighted by Crippen LogP contribution is 2.46. The molecule has 0 saturated carbocycles. The van der Waals surface area contributed by atoms with Crippen LogP contribution in [0.2, 0.25) is 0 Å². The zero-order valence-corrected chi connectivity index (χ0v) is 10.9. The predicted molar refractivity (Wildman–Crippen MR) is 65.5 cm³/mol. The fourth-order valence-electron chi connectivity index (χ4n) is 2.21. The Hall–Kier alpha value is -1.65. The van der Waals surface area contributed by atoms with Gasteiger partial charge in [-0.25, -0.2) is 8.78 Å². The molecule has 0 aromatic heterocycles. The largest absolute Gasteiger partial charge is 0.497 e. The molecule has 0 amide bonds. The van der Waals surface area contributed by atoms with Gasteiger partial charge in [-0.1, -0.05) is 13.0 Å². The van der Waals surface area contributed by atoms with Crippen molar-refractivity contribution < 1.29 is 23.0 Å². The molecule has 1 aromatic rings. The number of hydrogen-bond donors (Lipinski definition) is 0. The summed E-state index contributed by atoms with van der Waals surface area (Å²) in [4.78, 5) is 11.4. The van der Waals surface area contributed by atoms with Crippen LogP contribution in [0.3, 0.4) is 0 Å². The first-order chi connectivity index (χ1) is 9.08. The van der Waals surface area contributed by atoms with Crippen molar-refractivity contribution >= 4 is 5.97 Å². The molecule has 0 radical (unpaired) electrons. The van der Waals surface area contributed by atoms with E-state index in [0.29, 0.717) is 17.7 Å². The van der Waals surface area contributed by atoms with Crippen molar-refractivity contribution in [3.05, 3.63) is 29.3 Å². The quantitative estimate of drug-likeness (QED) is 0.786. The zero-order valence-electron chi connectivity index (χ0n) is 10.9. The van der Waals surface area contributed by atoms with Gasteiger partial charge < -0.3 is 9.47 Å². The van der Waals surface area contributed by atoms with E-state index in [2.05, 4.69) is 0 Å². The van der Waals surface area contributed by atoms with Crippen LogP contribution >= 0.6 is 0 Å². The molecule has 0 bridgehead atoms. The standard InChI is InChI=1S/C14H16F2O3/c1-3-4-11(17)19-14-9-6-5-8(18-2)7-10(9)12(15)13(14)16/h5-7,12-14H,3-4H2,1-2H3. The summed E-state index contributed by atoms with van der Waals surface area (Å²) in [6, 6.07) is 4.59. The van der Waals surface area contributed by atoms with E-state index in [1.165, 1.54) is 13.2 Å². The lowest BCUT2D eigenvalue weighted by Crippen LogP contribution is -2.17. The van der Waals surface area contributed by atoms with E-state index >= 15 is 0 Å². The fraction of sp³-hybridized carbons (Fsp3) is 0.500. The first-order valence-electron chi connectivity index (χ1n) is 6.24. The van der Waals surface area contributed by atoms with Crippen molar-refractivity contribution in [2.45, 2.75) is 38.2 Å². The summed E-state index contributed by atoms with van der Waals surface area (Å²) >= 11 is 0. The number of rotatable bonds is 4. The van der Waals surface area contributed by atoms with Gasteiger partial charge in [0.25, 0.3) is 0 Å². The van der Waals surface area contributed by atoms with Crippen LogP contribution in [-0.2, 0) is 9.53 Å². The summed E-state index contributed by atoms with van der Waals surface area (Å²) in [6.07, 6.45) is -4.00. The van der Waals surface area contributed by atoms with E-state index in [1.54, 1.807) is 12.1 Å². The van der Waals surface area contributed by atoms with Crippen molar-refractivity contribution in [3.63, 3.8) is 0 Å². The maximum absolute atomic E-state index is 13.9. The minimum Gasteiger partial charge on any atom is -0.497 e. The molecule has 3 atom stereocenters. The van der Waals surface area contributed by atoms with Crippen LogP contribution in [0.5, 0.6) is 5.75 Å². The molecular formula is C14H16F2O3. The Morgan fingerprint density at radius 2 is 2.05 bits per heavy atom. The molecule has 0 aliphatic heterocycles. The van der Waals surface area contributed by atoms with Gasteiger partial charge in [-0.3, -0.25) is 4.79 Å². The Labute approximate surface area is 110 Å². The molecule has 104 valence electrons. The first-order valence-corrected chi connectivity index (χ1v) is 6.24. The highest BCUT2D eigenvalue weighted by Gasteiger charge is 2.44. The molecular weight excluding hydrogens is 254 g/mol. The summed E-state index contributed by atoms with van der Waals surface area (Å²) in [5.41, 5.74) is 0.575. The van der Waals surface area contributed by atoms with Gasteiger partial charge in [0.05, 0.1) is 7.11 Å². The van der Waals surface area contributed by atoms with Crippen LogP contribution < -0.4 is 4.74 Å². The third kappa shape index (κ3) is 2.55. The molecule has 0 heterocycles. The normalized spacial score (nSPS) is 24.9. The monoisotopic (exact) mass is 270 g/mol. The summed E-state index contributed by atoms with van der Waals surface area (Å²) in [7, 11) is 1.45. The Bertz CT molecular complexity index is 476. The molecule has 1 aromatic carbocycles. The highest BCUT2D eigenvalue weighted by atomic mass is 19.2. The minimum absolute atomic E-state index is 0.196. The van der Waals surface area contributed by atoms with E-state index < -0.39 is 24.4 Å². The SMILES string of the molecule is CCCC(=O)OC1c2ccc(OC)cc2C(F)C1F. The lowest BCUT2D eigenvalue weighted by atomic mass is 10.1. The molecule has 19 heavy (non-hydrogen) atoms. The third-order valence-corrected chi connectivity index (χ3v) is 3.18. The Kier molecular flexibility index (Phi) is 4.02. The van der Waals surface area contributed by atoms with Crippen LogP contribution in [-0.4, -0.2) is 19.3 Å². The summed E-state index contributed by atoms with van der Waals surface area (Å²) in [6.45, 7) is 1.82. The molecule has 0 spiro atoms. The van der Waals surface area contributed by atoms with E-state index in [9.17, 15) is 13.6 Å². The third-order valence-electron chi connectivity index (χ3n) is 3.18. The van der Waals surface area contributed by atoms with Gasteiger partial charge in [0.15, 0.2) is 18.4 Å². The van der Waals surface area contributed by atoms with Gasteiger partial charge in [-0.15, -0.1) is 0 Å². The van der Waals surface area contributed by atoms with Gasteiger partial charge >= 0.3 is 5.97 Å². The van der Waals surface area contributed by atoms with Crippen LogP contribution in [0.25, 0.3) is 0 Å². The van der Waals surface area contributed by atoms with E-state index in [0.717, 1.165) is 0 Å². The Morgan fingerprint density at radius 3 is 2.68 bits per heavy atom. The molecule has 3 nitrogen and oxygen atoms in total. The van der Waals surface area contributed by atoms with Gasteiger partial charge in [0.1, 0.15) is 5.75 Å². The summed E-state index contributed by atoms with van der Waals surface area (Å²) in [5.74, 6) is -0.0554. The van der Waals surface area contributed by atoms with Crippen molar-refractivity contribution in [1.29, 1.82) is 0 Å². The van der Waals surface area contributed by atoms with Crippen molar-refractivity contribution in [3.8, 4) is 5.75 Å². The van der Waals surface area contributed by atoms with Gasteiger partial charge in [0, 0.05) is 12.0 Å². The van der Waals surface area contributed by atoms with Crippen molar-refractivity contribution in [1.82, 2.24) is 0 Å². The van der Waals surface area contributed by atoms with Gasteiger partial charge in [-0.2, -0.15) is 0 Å². The zero-order chi connectivity index (χ0) is 14.0. The van der Waals surface area contributed by atoms with E-state index in [4.69, 9.17) is 9.47 Å². The second-order valence-corrected chi connectivity index (χ2v) is 4.50. The van der Waals surface area contributed by atoms with Crippen LogP contribution in [0.1, 0.15) is 43.2 Å². The smallest absolute Gasteiger partial charge is 0.306 e. The second-order valence-electron chi connectivity index (χ2n) is 4.50. The van der Waals surface area contributed by atoms with E-state index in [-0.39, 0.29) is 12.0 Å². The van der Waals surface area contributed by atoms with Crippen molar-refractivity contribution in [2.24, 2.45) is 0 Å². The summed E-state index contributed by atoms with van der Waals surface area (Å²) in [5, 5.41) is 0. The summed E-state index contributed by atoms with van der Waals surface area (Å²) < 4.78 is 37.8. The Balaban J connectivity index is 2.26. The average Bonchev–Trinajstić information content (AvgIpc) is 2.64. The number of halogens is 2. The van der Waals surface area contributed by atoms with Crippen LogP contribution in [0, 0.1) is 0 Å². The number of carbonyl (C=O) groups is 1. The van der Waals surface area contributed by atoms with Crippen molar-refractivity contribution in [2.75, 3.05) is 7.11 Å². The predicted octanol–water partition coefficient (Wildman–Crippen LogP) is 3.44. The first kappa shape index (κ1) is 13.8. The number of hydrogen-bond acceptors (Lipinski definition) is 3. The average molecular weight is 270 g/mol. The molecule has 1 aliphatic carbocycles. The number of fused-ring (bicyclic) bond motifs is 1. The van der Waals surface area contributed by atoms with Gasteiger partial charge in [-0.05, 0) is 24.1 Å². The number of esters is 1. The lowest BCUT2D eigenvalue weighted by molar-refractivity contribution is -0.153. The number of alkyl halides is 2. The topological polar surface area (TPSA) is 35.5 Å². The van der Waals surface area contributed by atoms with E-state index in [1.807, 2.05) is 6.92 Å².